The van der Waals surface area contributed by atoms with E-state index in [0.717, 1.165) is 13.1 Å². The van der Waals surface area contributed by atoms with Crippen molar-refractivity contribution in [3.05, 3.63) is 12.7 Å². The molecule has 0 aromatic carbocycles. The fourth-order valence-electron chi connectivity index (χ4n) is 2.89. The quantitative estimate of drug-likeness (QED) is 0.798. The maximum Gasteiger partial charge on any atom is 0.318 e. The van der Waals surface area contributed by atoms with Gasteiger partial charge in [0.2, 0.25) is 0 Å². The number of aromatic nitrogens is 3. The van der Waals surface area contributed by atoms with Gasteiger partial charge in [0, 0.05) is 32.2 Å². The van der Waals surface area contributed by atoms with E-state index in [1.165, 1.54) is 38.6 Å². The van der Waals surface area contributed by atoms with E-state index in [1.807, 2.05) is 0 Å². The Labute approximate surface area is 110 Å². The molecule has 5 rings (SSSR count). The molecular formula is C12H15N5O2. The highest BCUT2D eigenvalue weighted by Crippen LogP contribution is 2.27. The van der Waals surface area contributed by atoms with Gasteiger partial charge in [-0.2, -0.15) is 0 Å². The molecule has 100 valence electrons. The first kappa shape index (κ1) is 11.0. The number of rotatable bonds is 2. The third kappa shape index (κ3) is 1.90. The molecule has 5 heterocycles. The van der Waals surface area contributed by atoms with E-state index in [9.17, 15) is 0 Å². The topological polar surface area (TPSA) is 71.4 Å². The van der Waals surface area contributed by atoms with Crippen LogP contribution in [0.25, 0.3) is 11.6 Å². The summed E-state index contributed by atoms with van der Waals surface area (Å²) in [7, 11) is 0. The van der Waals surface area contributed by atoms with Crippen LogP contribution < -0.4 is 4.90 Å². The van der Waals surface area contributed by atoms with Crippen LogP contribution in [0.4, 0.5) is 6.01 Å². The summed E-state index contributed by atoms with van der Waals surface area (Å²) >= 11 is 0. The molecule has 0 saturated carbocycles. The van der Waals surface area contributed by atoms with E-state index in [1.54, 1.807) is 0 Å². The van der Waals surface area contributed by atoms with Crippen LogP contribution in [0, 0.1) is 0 Å². The molecule has 3 aliphatic rings. The highest BCUT2D eigenvalue weighted by molar-refractivity contribution is 5.45. The summed E-state index contributed by atoms with van der Waals surface area (Å²) in [6.45, 7) is 4.36. The first-order valence-corrected chi connectivity index (χ1v) is 6.61. The number of anilines is 1. The predicted molar refractivity (Wildman–Crippen MR) is 66.6 cm³/mol. The SMILES string of the molecule is c1nc(-c2nnc(N3CCN4CCC3CC4)o2)co1. The number of piperidine rings is 1. The zero-order chi connectivity index (χ0) is 12.7. The lowest BCUT2D eigenvalue weighted by Crippen LogP contribution is -2.38. The van der Waals surface area contributed by atoms with Gasteiger partial charge in [-0.25, -0.2) is 4.98 Å². The van der Waals surface area contributed by atoms with E-state index in [-0.39, 0.29) is 0 Å². The van der Waals surface area contributed by atoms with Gasteiger partial charge in [-0.05, 0) is 12.8 Å². The molecule has 0 radical (unpaired) electrons. The molecule has 7 nitrogen and oxygen atoms in total. The zero-order valence-electron chi connectivity index (χ0n) is 10.5. The Kier molecular flexibility index (Phi) is 2.51. The first-order chi connectivity index (χ1) is 9.40. The Morgan fingerprint density at radius 3 is 2.79 bits per heavy atom. The van der Waals surface area contributed by atoms with Crippen LogP contribution in [0.15, 0.2) is 21.5 Å². The number of hydrogen-bond donors (Lipinski definition) is 0. The van der Waals surface area contributed by atoms with Crippen LogP contribution in [0.2, 0.25) is 0 Å². The second-order valence-electron chi connectivity index (χ2n) is 5.03. The van der Waals surface area contributed by atoms with Crippen molar-refractivity contribution < 1.29 is 8.83 Å². The molecule has 0 atom stereocenters. The summed E-state index contributed by atoms with van der Waals surface area (Å²) < 4.78 is 10.7. The first-order valence-electron chi connectivity index (χ1n) is 6.61. The van der Waals surface area contributed by atoms with Crippen molar-refractivity contribution in [2.45, 2.75) is 18.9 Å². The molecule has 19 heavy (non-hydrogen) atoms. The van der Waals surface area contributed by atoms with Gasteiger partial charge in [0.25, 0.3) is 5.89 Å². The third-order valence-corrected chi connectivity index (χ3v) is 3.97. The lowest BCUT2D eigenvalue weighted by Gasteiger charge is -2.29. The van der Waals surface area contributed by atoms with Gasteiger partial charge >= 0.3 is 6.01 Å². The molecule has 2 aromatic heterocycles. The fourth-order valence-corrected chi connectivity index (χ4v) is 2.89. The second-order valence-corrected chi connectivity index (χ2v) is 5.03. The summed E-state index contributed by atoms with van der Waals surface area (Å²) in [6.07, 6.45) is 5.21. The summed E-state index contributed by atoms with van der Waals surface area (Å²) in [5.41, 5.74) is 0.585. The van der Waals surface area contributed by atoms with Crippen LogP contribution in [0.5, 0.6) is 0 Å². The van der Waals surface area contributed by atoms with Crippen LogP contribution in [-0.2, 0) is 0 Å². The molecule has 2 aromatic rings. The molecule has 3 saturated heterocycles. The Balaban J connectivity index is 1.62. The zero-order valence-corrected chi connectivity index (χ0v) is 10.5. The maximum atomic E-state index is 5.74. The highest BCUT2D eigenvalue weighted by atomic mass is 16.4. The van der Waals surface area contributed by atoms with E-state index in [2.05, 4.69) is 25.0 Å². The largest absolute Gasteiger partial charge is 0.451 e. The Bertz CT molecular complexity index is 544. The highest BCUT2D eigenvalue weighted by Gasteiger charge is 2.32. The van der Waals surface area contributed by atoms with Crippen LogP contribution in [0.3, 0.4) is 0 Å². The van der Waals surface area contributed by atoms with Crippen LogP contribution in [0.1, 0.15) is 12.8 Å². The van der Waals surface area contributed by atoms with Gasteiger partial charge in [0.15, 0.2) is 12.1 Å². The lowest BCUT2D eigenvalue weighted by atomic mass is 10.1. The minimum atomic E-state index is 0.419. The van der Waals surface area contributed by atoms with E-state index in [0.29, 0.717) is 23.6 Å². The monoisotopic (exact) mass is 261 g/mol. The van der Waals surface area contributed by atoms with Gasteiger partial charge in [-0.15, -0.1) is 5.10 Å². The number of nitrogens with zero attached hydrogens (tertiary/aromatic N) is 5. The number of fused-ring (bicyclic) bond motifs is 4. The molecule has 0 aliphatic carbocycles. The van der Waals surface area contributed by atoms with Gasteiger partial charge in [-0.1, -0.05) is 5.10 Å². The Hall–Kier alpha value is -1.89. The van der Waals surface area contributed by atoms with Crippen molar-refractivity contribution >= 4 is 6.01 Å². The van der Waals surface area contributed by atoms with Gasteiger partial charge < -0.3 is 18.6 Å². The lowest BCUT2D eigenvalue weighted by molar-refractivity contribution is 0.249. The van der Waals surface area contributed by atoms with E-state index < -0.39 is 0 Å². The molecule has 0 amide bonds. The third-order valence-electron chi connectivity index (χ3n) is 3.97. The maximum absolute atomic E-state index is 5.74. The summed E-state index contributed by atoms with van der Waals surface area (Å²) in [4.78, 5) is 8.75. The summed E-state index contributed by atoms with van der Waals surface area (Å²) in [5, 5.41) is 8.22. The molecule has 2 bridgehead atoms. The molecular weight excluding hydrogens is 246 g/mol. The molecule has 0 unspecified atom stereocenters. The Morgan fingerprint density at radius 1 is 1.11 bits per heavy atom. The van der Waals surface area contributed by atoms with Gasteiger partial charge in [0.1, 0.15) is 6.26 Å². The van der Waals surface area contributed by atoms with Gasteiger partial charge in [-0.3, -0.25) is 0 Å². The van der Waals surface area contributed by atoms with Gasteiger partial charge in [0.05, 0.1) is 0 Å². The van der Waals surface area contributed by atoms with Crippen molar-refractivity contribution in [3.8, 4) is 11.6 Å². The van der Waals surface area contributed by atoms with Crippen LogP contribution in [-0.4, -0.2) is 52.3 Å². The summed E-state index contributed by atoms with van der Waals surface area (Å²) in [6, 6.07) is 1.12. The minimum absolute atomic E-state index is 0.419. The average molecular weight is 261 g/mol. The normalized spacial score (nSPS) is 26.6. The van der Waals surface area contributed by atoms with Crippen LogP contribution >= 0.6 is 0 Å². The van der Waals surface area contributed by atoms with Crippen molar-refractivity contribution in [2.24, 2.45) is 0 Å². The van der Waals surface area contributed by atoms with E-state index >= 15 is 0 Å². The van der Waals surface area contributed by atoms with Crippen molar-refractivity contribution in [1.29, 1.82) is 0 Å². The minimum Gasteiger partial charge on any atom is -0.451 e. The Morgan fingerprint density at radius 2 is 2.00 bits per heavy atom. The molecule has 3 aliphatic heterocycles. The molecule has 7 heteroatoms. The molecule has 3 fully saturated rings. The number of hydrogen-bond acceptors (Lipinski definition) is 7. The molecule has 0 spiro atoms. The fraction of sp³-hybridized carbons (Fsp3) is 0.583. The predicted octanol–water partition coefficient (Wildman–Crippen LogP) is 1.01. The standard InChI is InChI=1S/C12H15N5O2/c1-3-16-4-2-9(1)17(6-5-16)12-15-14-11(19-12)10-7-18-8-13-10/h7-9H,1-6H2. The van der Waals surface area contributed by atoms with E-state index in [4.69, 9.17) is 8.83 Å². The van der Waals surface area contributed by atoms with Crippen molar-refractivity contribution in [2.75, 3.05) is 31.1 Å². The average Bonchev–Trinajstić information content (AvgIpc) is 3.05. The molecule has 0 N–H and O–H groups in total. The second kappa shape index (κ2) is 4.34. The summed E-state index contributed by atoms with van der Waals surface area (Å²) in [5.74, 6) is 0.419. The number of oxazole rings is 1. The smallest absolute Gasteiger partial charge is 0.318 e. The van der Waals surface area contributed by atoms with Crippen molar-refractivity contribution in [3.63, 3.8) is 0 Å². The van der Waals surface area contributed by atoms with Crippen molar-refractivity contribution in [1.82, 2.24) is 20.1 Å².